The van der Waals surface area contributed by atoms with Gasteiger partial charge >= 0.3 is 0 Å². The lowest BCUT2D eigenvalue weighted by Gasteiger charge is -2.06. The summed E-state index contributed by atoms with van der Waals surface area (Å²) in [5.41, 5.74) is -0.578. The second-order valence-corrected chi connectivity index (χ2v) is 3.78. The Morgan fingerprint density at radius 1 is 1.08 bits per heavy atom. The monoisotopic (exact) mass is 320 g/mol. The average Bonchev–Trinajstić information content (AvgIpc) is 2.07. The van der Waals surface area contributed by atoms with Gasteiger partial charge in [0.05, 0.1) is 4.47 Å². The summed E-state index contributed by atoms with van der Waals surface area (Å²) >= 11 is 5.39. The van der Waals surface area contributed by atoms with Gasteiger partial charge in [-0.1, -0.05) is 0 Å². The van der Waals surface area contributed by atoms with E-state index in [1.807, 2.05) is 0 Å². The smallest absolute Gasteiger partial charge is 0.205 e. The Kier molecular flexibility index (Phi) is 3.34. The fourth-order valence-corrected chi connectivity index (χ4v) is 1.63. The summed E-state index contributed by atoms with van der Waals surface area (Å²) in [7, 11) is 0. The molecule has 1 aromatic carbocycles. The second-order valence-electron chi connectivity index (χ2n) is 2.19. The van der Waals surface area contributed by atoms with Crippen molar-refractivity contribution < 1.29 is 17.6 Å². The van der Waals surface area contributed by atoms with Crippen molar-refractivity contribution >= 4 is 31.9 Å². The minimum atomic E-state index is -2.85. The van der Waals surface area contributed by atoms with Crippen molar-refractivity contribution in [3.63, 3.8) is 0 Å². The Hall–Kier alpha value is -0.100. The molecule has 0 nitrogen and oxygen atoms in total. The molecule has 0 atom stereocenters. The van der Waals surface area contributed by atoms with E-state index < -0.39 is 23.6 Å². The molecule has 6 heteroatoms. The molecule has 0 aliphatic rings. The first-order valence-electron chi connectivity index (χ1n) is 3.06. The van der Waals surface area contributed by atoms with Crippen molar-refractivity contribution in [3.8, 4) is 0 Å². The Morgan fingerprint density at radius 2 is 1.62 bits per heavy atom. The lowest BCUT2D eigenvalue weighted by Crippen LogP contribution is -1.94. The van der Waals surface area contributed by atoms with Gasteiger partial charge < -0.3 is 0 Å². The van der Waals surface area contributed by atoms with E-state index in [1.165, 1.54) is 0 Å². The molecular weight excluding hydrogens is 320 g/mol. The molecule has 0 radical (unpaired) electrons. The van der Waals surface area contributed by atoms with Crippen LogP contribution in [0.1, 0.15) is 12.0 Å². The molecule has 0 N–H and O–H groups in total. The van der Waals surface area contributed by atoms with Gasteiger partial charge in [-0.15, -0.1) is 0 Å². The van der Waals surface area contributed by atoms with Crippen LogP contribution in [0, 0.1) is 11.6 Å². The Morgan fingerprint density at radius 3 is 2.08 bits per heavy atom. The minimum Gasteiger partial charge on any atom is -0.205 e. The number of alkyl halides is 2. The van der Waals surface area contributed by atoms with Crippen LogP contribution in [0.5, 0.6) is 0 Å². The highest BCUT2D eigenvalue weighted by Gasteiger charge is 2.20. The van der Waals surface area contributed by atoms with Crippen molar-refractivity contribution in [2.45, 2.75) is 6.43 Å². The normalized spacial score (nSPS) is 11.0. The number of rotatable bonds is 1. The quantitative estimate of drug-likeness (QED) is 0.408. The molecule has 0 aliphatic carbocycles. The van der Waals surface area contributed by atoms with Crippen molar-refractivity contribution in [2.24, 2.45) is 0 Å². The van der Waals surface area contributed by atoms with Gasteiger partial charge in [0.1, 0.15) is 0 Å². The summed E-state index contributed by atoms with van der Waals surface area (Å²) in [5, 5.41) is 0. The zero-order valence-corrected chi connectivity index (χ0v) is 9.09. The number of benzene rings is 1. The molecule has 0 saturated carbocycles. The zero-order chi connectivity index (χ0) is 10.2. The first-order valence-corrected chi connectivity index (χ1v) is 4.64. The highest BCUT2D eigenvalue weighted by atomic mass is 79.9. The van der Waals surface area contributed by atoms with Crippen molar-refractivity contribution in [2.75, 3.05) is 0 Å². The predicted octanol–water partition coefficient (Wildman–Crippen LogP) is 4.43. The van der Waals surface area contributed by atoms with E-state index >= 15 is 0 Å². The molecule has 0 fully saturated rings. The van der Waals surface area contributed by atoms with Crippen LogP contribution in [0.2, 0.25) is 0 Å². The van der Waals surface area contributed by atoms with E-state index in [0.717, 1.165) is 0 Å². The highest BCUT2D eigenvalue weighted by molar-refractivity contribution is 9.13. The molecule has 0 unspecified atom stereocenters. The zero-order valence-electron chi connectivity index (χ0n) is 5.92. The summed E-state index contributed by atoms with van der Waals surface area (Å²) in [5.74, 6) is -2.48. The molecule has 0 amide bonds. The molecule has 0 saturated heterocycles. The molecule has 0 spiro atoms. The van der Waals surface area contributed by atoms with E-state index in [1.54, 1.807) is 0 Å². The van der Waals surface area contributed by atoms with Crippen molar-refractivity contribution in [3.05, 3.63) is 32.2 Å². The second kappa shape index (κ2) is 3.96. The molecule has 72 valence electrons. The Bertz CT molecular complexity index is 338. The number of halogens is 6. The maximum Gasteiger partial charge on any atom is 0.265 e. The predicted molar refractivity (Wildman–Crippen MR) is 46.7 cm³/mol. The van der Waals surface area contributed by atoms with E-state index in [2.05, 4.69) is 31.9 Å². The van der Waals surface area contributed by atoms with Gasteiger partial charge in [-0.25, -0.2) is 17.6 Å². The molecule has 1 aromatic rings. The average molecular weight is 322 g/mol. The summed E-state index contributed by atoms with van der Waals surface area (Å²) in [6, 6.07) is 0.467. The number of hydrogen-bond acceptors (Lipinski definition) is 0. The highest BCUT2D eigenvalue weighted by Crippen LogP contribution is 2.36. The summed E-state index contributed by atoms with van der Waals surface area (Å²) in [6.45, 7) is 0. The number of hydrogen-bond donors (Lipinski definition) is 0. The van der Waals surface area contributed by atoms with Gasteiger partial charge in [0.15, 0.2) is 11.6 Å². The van der Waals surface area contributed by atoms with Gasteiger partial charge in [-0.3, -0.25) is 0 Å². The molecule has 0 heterocycles. The molecule has 0 bridgehead atoms. The summed E-state index contributed by atoms with van der Waals surface area (Å²) < 4.78 is 49.2. The molecular formula is C7H2Br2F4. The van der Waals surface area contributed by atoms with Crippen LogP contribution in [0.15, 0.2) is 15.0 Å². The van der Waals surface area contributed by atoms with Crippen LogP contribution in [-0.4, -0.2) is 0 Å². The standard InChI is InChI=1S/C7H2Br2F4/c8-4-2(7(12)13)1-3(10)6(11)5(4)9/h1,7H. The first kappa shape index (κ1) is 11.0. The van der Waals surface area contributed by atoms with E-state index in [4.69, 9.17) is 0 Å². The molecule has 0 aliphatic heterocycles. The third-order valence-corrected chi connectivity index (χ3v) is 3.50. The topological polar surface area (TPSA) is 0 Å². The molecule has 13 heavy (non-hydrogen) atoms. The maximum atomic E-state index is 12.7. The van der Waals surface area contributed by atoms with Gasteiger partial charge in [-0.05, 0) is 37.9 Å². The fourth-order valence-electron chi connectivity index (χ4n) is 0.750. The molecule has 1 rings (SSSR count). The van der Waals surface area contributed by atoms with Crippen LogP contribution in [0.3, 0.4) is 0 Å². The van der Waals surface area contributed by atoms with Gasteiger partial charge in [0.2, 0.25) is 0 Å². The lowest BCUT2D eigenvalue weighted by molar-refractivity contribution is 0.149. The van der Waals surface area contributed by atoms with Crippen LogP contribution >= 0.6 is 31.9 Å². The summed E-state index contributed by atoms with van der Waals surface area (Å²) in [6.07, 6.45) is -2.85. The molecule has 0 aromatic heterocycles. The Labute approximate surface area is 88.2 Å². The third-order valence-electron chi connectivity index (χ3n) is 1.37. The van der Waals surface area contributed by atoms with E-state index in [9.17, 15) is 17.6 Å². The van der Waals surface area contributed by atoms with E-state index in [-0.39, 0.29) is 8.95 Å². The first-order chi connectivity index (χ1) is 5.95. The van der Waals surface area contributed by atoms with Gasteiger partial charge in [-0.2, -0.15) is 0 Å². The van der Waals surface area contributed by atoms with Crippen LogP contribution < -0.4 is 0 Å². The summed E-state index contributed by atoms with van der Waals surface area (Å²) in [4.78, 5) is 0. The maximum absolute atomic E-state index is 12.7. The lowest BCUT2D eigenvalue weighted by atomic mass is 10.2. The van der Waals surface area contributed by atoms with E-state index in [0.29, 0.717) is 6.07 Å². The van der Waals surface area contributed by atoms with Gasteiger partial charge in [0, 0.05) is 10.0 Å². The van der Waals surface area contributed by atoms with Crippen LogP contribution in [0.4, 0.5) is 17.6 Å². The third kappa shape index (κ3) is 2.04. The van der Waals surface area contributed by atoms with Crippen molar-refractivity contribution in [1.29, 1.82) is 0 Å². The Balaban J connectivity index is 3.41. The van der Waals surface area contributed by atoms with Crippen LogP contribution in [-0.2, 0) is 0 Å². The van der Waals surface area contributed by atoms with Crippen molar-refractivity contribution in [1.82, 2.24) is 0 Å². The SMILES string of the molecule is Fc1cc(C(F)F)c(Br)c(Br)c1F. The largest absolute Gasteiger partial charge is 0.265 e. The fraction of sp³-hybridized carbons (Fsp3) is 0.143. The minimum absolute atomic E-state index is 0.165. The van der Waals surface area contributed by atoms with Crippen LogP contribution in [0.25, 0.3) is 0 Å². The van der Waals surface area contributed by atoms with Gasteiger partial charge in [0.25, 0.3) is 6.43 Å².